The van der Waals surface area contributed by atoms with E-state index in [0.29, 0.717) is 23.7 Å². The zero-order chi connectivity index (χ0) is 30.2. The van der Waals surface area contributed by atoms with E-state index >= 15 is 0 Å². The van der Waals surface area contributed by atoms with E-state index in [4.69, 9.17) is 9.57 Å². The lowest BCUT2D eigenvalue weighted by Crippen LogP contribution is -2.71. The van der Waals surface area contributed by atoms with Gasteiger partial charge in [0.15, 0.2) is 10.8 Å². The van der Waals surface area contributed by atoms with Crippen molar-refractivity contribution < 1.29 is 38.7 Å². The number of anilines is 1. The van der Waals surface area contributed by atoms with Crippen molar-refractivity contribution in [1.82, 2.24) is 35.4 Å². The van der Waals surface area contributed by atoms with Gasteiger partial charge in [0, 0.05) is 16.9 Å². The van der Waals surface area contributed by atoms with Crippen molar-refractivity contribution in [1.29, 1.82) is 0 Å². The number of carboxylic acids is 1. The van der Waals surface area contributed by atoms with Crippen LogP contribution in [-0.4, -0.2) is 107 Å². The van der Waals surface area contributed by atoms with Crippen LogP contribution in [0, 0.1) is 0 Å². The molecule has 2 aliphatic rings. The molecule has 0 aliphatic carbocycles. The normalized spacial score (nSPS) is 18.1. The van der Waals surface area contributed by atoms with Crippen molar-refractivity contribution in [2.45, 2.75) is 30.0 Å². The Hall–Kier alpha value is -4.30. The summed E-state index contributed by atoms with van der Waals surface area (Å²) in [4.78, 5) is 71.2. The van der Waals surface area contributed by atoms with Gasteiger partial charge in [-0.2, -0.15) is 0 Å². The number of carbonyl (C=O) groups excluding carboxylic acids is 4. The third kappa shape index (κ3) is 6.77. The Kier molecular flexibility index (Phi) is 10.3. The molecule has 0 spiro atoms. The number of thioether (sulfide) groups is 2. The molecule has 42 heavy (non-hydrogen) atoms. The summed E-state index contributed by atoms with van der Waals surface area (Å²) in [5.41, 5.74) is -0.0349. The van der Waals surface area contributed by atoms with Gasteiger partial charge in [-0.3, -0.25) is 19.3 Å². The fourth-order valence-corrected chi connectivity index (χ4v) is 6.77. The van der Waals surface area contributed by atoms with Gasteiger partial charge in [-0.05, 0) is 22.9 Å². The molecule has 4 heterocycles. The van der Waals surface area contributed by atoms with Gasteiger partial charge in [0.25, 0.3) is 11.8 Å². The van der Waals surface area contributed by atoms with Gasteiger partial charge in [0.1, 0.15) is 22.8 Å². The number of carboxylic acid groups (broad SMARTS) is 1. The number of aliphatic carboxylic acids is 1. The fourth-order valence-electron chi connectivity index (χ4n) is 3.75. The molecule has 3 amide bonds. The monoisotopic (exact) mass is 637 g/mol. The highest BCUT2D eigenvalue weighted by molar-refractivity contribution is 8.01. The Balaban J connectivity index is 1.49. The topological polar surface area (TPSA) is 220 Å². The van der Waals surface area contributed by atoms with Crippen LogP contribution in [0.25, 0.3) is 0 Å². The number of carbonyl (C=O) groups is 5. The second-order valence-corrected chi connectivity index (χ2v) is 11.1. The zero-order valence-electron chi connectivity index (χ0n) is 21.8. The standard InChI is InChI=1S/C22H23N9O8S3/c1-3-5-30-22(26-28-29-30)42-8-11-7-40-19-15(18(35)31(19)16(11)20(36)37)25-17(34)14(27-39-6-13(33)38-4-2)12-9-41-21(24-12)23-10-32/h3,9-10,15,19H,1,4-8H2,2H3,(H,25,34)(H,36,37)(H,23,24,32)/b27-14-/t15?,19-/m1/s1. The molecule has 20 heteroatoms. The van der Waals surface area contributed by atoms with Crippen LogP contribution in [0.1, 0.15) is 12.6 Å². The number of hydrogen-bond acceptors (Lipinski definition) is 15. The van der Waals surface area contributed by atoms with E-state index in [1.165, 1.54) is 33.6 Å². The maximum atomic E-state index is 13.2. The van der Waals surface area contributed by atoms with E-state index in [1.54, 1.807) is 13.0 Å². The summed E-state index contributed by atoms with van der Waals surface area (Å²) >= 11 is 3.51. The number of allylic oxidation sites excluding steroid dienone is 1. The SMILES string of the molecule is C=CCn1nnnc1SCC1=C(C(=O)O)N2C(=O)C(NC(=O)/C(=N\OCC(=O)OCC)c3csc(NC=O)n3)[C@H]2SC1. The lowest BCUT2D eigenvalue weighted by molar-refractivity contribution is -0.150. The molecule has 1 unspecified atom stereocenters. The highest BCUT2D eigenvalue weighted by Crippen LogP contribution is 2.41. The maximum absolute atomic E-state index is 13.2. The number of nitrogens with one attached hydrogen (secondary N) is 2. The van der Waals surface area contributed by atoms with E-state index in [-0.39, 0.29) is 40.3 Å². The second-order valence-electron chi connectivity index (χ2n) is 8.16. The molecule has 1 saturated heterocycles. The summed E-state index contributed by atoms with van der Waals surface area (Å²) < 4.78 is 6.27. The number of tetrazole rings is 1. The van der Waals surface area contributed by atoms with Crippen LogP contribution in [0.4, 0.5) is 5.13 Å². The van der Waals surface area contributed by atoms with Crippen LogP contribution in [0.15, 0.2) is 39.6 Å². The van der Waals surface area contributed by atoms with Gasteiger partial charge in [-0.25, -0.2) is 19.3 Å². The predicted molar refractivity (Wildman–Crippen MR) is 149 cm³/mol. The molecule has 0 aromatic carbocycles. The van der Waals surface area contributed by atoms with Crippen LogP contribution < -0.4 is 10.6 Å². The first-order chi connectivity index (χ1) is 20.3. The number of rotatable bonds is 15. The molecular weight excluding hydrogens is 614 g/mol. The van der Waals surface area contributed by atoms with Crippen molar-refractivity contribution in [3.05, 3.63) is 35.0 Å². The van der Waals surface area contributed by atoms with Crippen molar-refractivity contribution >= 4 is 75.9 Å². The highest BCUT2D eigenvalue weighted by Gasteiger charge is 2.54. The number of ether oxygens (including phenoxy) is 1. The molecule has 0 saturated carbocycles. The van der Waals surface area contributed by atoms with Gasteiger partial charge < -0.3 is 25.3 Å². The third-order valence-corrected chi connectivity index (χ3v) is 8.66. The Morgan fingerprint density at radius 3 is 2.90 bits per heavy atom. The Morgan fingerprint density at radius 1 is 1.38 bits per heavy atom. The van der Waals surface area contributed by atoms with E-state index in [9.17, 15) is 29.1 Å². The number of aromatic nitrogens is 5. The summed E-state index contributed by atoms with van der Waals surface area (Å²) in [6.45, 7) is 5.16. The molecular formula is C22H23N9O8S3. The summed E-state index contributed by atoms with van der Waals surface area (Å²) in [6.07, 6.45) is 2.02. The van der Waals surface area contributed by atoms with Gasteiger partial charge >= 0.3 is 11.9 Å². The molecule has 1 fully saturated rings. The molecule has 17 nitrogen and oxygen atoms in total. The summed E-state index contributed by atoms with van der Waals surface area (Å²) in [5.74, 6) is -3.01. The molecule has 3 N–H and O–H groups in total. The Morgan fingerprint density at radius 2 is 2.19 bits per heavy atom. The zero-order valence-corrected chi connectivity index (χ0v) is 24.2. The Bertz CT molecular complexity index is 1460. The van der Waals surface area contributed by atoms with Crippen LogP contribution >= 0.6 is 34.9 Å². The predicted octanol–water partition coefficient (Wildman–Crippen LogP) is -0.301. The first-order valence-corrected chi connectivity index (χ1v) is 14.9. The number of thiazole rings is 1. The van der Waals surface area contributed by atoms with Gasteiger partial charge in [0.2, 0.25) is 18.2 Å². The van der Waals surface area contributed by atoms with Gasteiger partial charge in [-0.1, -0.05) is 23.0 Å². The van der Waals surface area contributed by atoms with Crippen molar-refractivity contribution in [3.8, 4) is 0 Å². The summed E-state index contributed by atoms with van der Waals surface area (Å²) in [7, 11) is 0. The number of nitrogens with zero attached hydrogens (tertiary/aromatic N) is 7. The minimum Gasteiger partial charge on any atom is -0.477 e. The molecule has 0 bridgehead atoms. The van der Waals surface area contributed by atoms with Crippen molar-refractivity contribution in [3.63, 3.8) is 0 Å². The molecule has 222 valence electrons. The van der Waals surface area contributed by atoms with E-state index in [0.717, 1.165) is 16.2 Å². The van der Waals surface area contributed by atoms with Gasteiger partial charge in [-0.15, -0.1) is 34.8 Å². The Labute approximate surface area is 249 Å². The van der Waals surface area contributed by atoms with Gasteiger partial charge in [0.05, 0.1) is 13.2 Å². The van der Waals surface area contributed by atoms with Crippen molar-refractivity contribution in [2.24, 2.45) is 5.16 Å². The van der Waals surface area contributed by atoms with E-state index < -0.39 is 41.8 Å². The molecule has 2 aromatic rings. The number of esters is 1. The fraction of sp³-hybridized carbons (Fsp3) is 0.364. The first kappa shape index (κ1) is 30.7. The number of fused-ring (bicyclic) bond motifs is 1. The first-order valence-electron chi connectivity index (χ1n) is 12.0. The molecule has 0 radical (unpaired) electrons. The van der Waals surface area contributed by atoms with E-state index in [2.05, 4.69) is 42.9 Å². The van der Waals surface area contributed by atoms with Crippen LogP contribution in [0.2, 0.25) is 0 Å². The minimum absolute atomic E-state index is 0.00913. The quantitative estimate of drug-likeness (QED) is 0.0434. The number of hydrogen-bond donors (Lipinski definition) is 3. The smallest absolute Gasteiger partial charge is 0.352 e. The summed E-state index contributed by atoms with van der Waals surface area (Å²) in [6, 6.07) is -1.08. The number of amides is 3. The van der Waals surface area contributed by atoms with Crippen LogP contribution in [0.3, 0.4) is 0 Å². The van der Waals surface area contributed by atoms with E-state index in [1.807, 2.05) is 0 Å². The molecule has 2 aromatic heterocycles. The number of oxime groups is 1. The van der Waals surface area contributed by atoms with Crippen LogP contribution in [0.5, 0.6) is 0 Å². The second kappa shape index (κ2) is 14.0. The summed E-state index contributed by atoms with van der Waals surface area (Å²) in [5, 5.41) is 31.3. The van der Waals surface area contributed by atoms with Crippen LogP contribution in [-0.2, 0) is 40.1 Å². The van der Waals surface area contributed by atoms with Crippen molar-refractivity contribution in [2.75, 3.05) is 30.0 Å². The molecule has 4 rings (SSSR count). The average molecular weight is 638 g/mol. The highest BCUT2D eigenvalue weighted by atomic mass is 32.2. The average Bonchev–Trinajstić information content (AvgIpc) is 3.62. The number of β-lactam (4-membered cyclic amide) rings is 1. The lowest BCUT2D eigenvalue weighted by atomic mass is 10.0. The third-order valence-electron chi connectivity index (χ3n) is 5.50. The lowest BCUT2D eigenvalue weighted by Gasteiger charge is -2.49. The molecule has 2 aliphatic heterocycles. The minimum atomic E-state index is -1.29. The maximum Gasteiger partial charge on any atom is 0.352 e. The largest absolute Gasteiger partial charge is 0.477 e. The molecule has 2 atom stereocenters.